The molecule has 4 rings (SSSR count). The van der Waals surface area contributed by atoms with E-state index >= 15 is 0 Å². The maximum absolute atomic E-state index is 13.1. The van der Waals surface area contributed by atoms with Gasteiger partial charge in [0, 0.05) is 34.8 Å². The summed E-state index contributed by atoms with van der Waals surface area (Å²) in [4.78, 5) is 36.8. The van der Waals surface area contributed by atoms with Gasteiger partial charge in [-0.2, -0.15) is 0 Å². The van der Waals surface area contributed by atoms with Crippen LogP contribution in [0.2, 0.25) is 0 Å². The van der Waals surface area contributed by atoms with E-state index in [1.165, 1.54) is 23.8 Å². The number of nitrogens with zero attached hydrogens (tertiary/aromatic N) is 2. The lowest BCUT2D eigenvalue weighted by Crippen LogP contribution is -2.52. The standard InChI is InChI=1S/C35H40N4O4S/c1-6-23-7-9-24(10-8-23)11-12-26-20-36-31(37-21-26)27-15-13-25(14-16-27)19-28(32(40)38-22(2)34(42)43)39-33(41)29-17-18-30(44-29)35(3,4)5/h7-18,20-22,28,34,42-43H,6,19H2,1-5H3,(H,38,40)(H,39,41). The number of aryl methyl sites for hydroxylation is 1. The van der Waals surface area contributed by atoms with Gasteiger partial charge >= 0.3 is 0 Å². The van der Waals surface area contributed by atoms with Gasteiger partial charge in [-0.3, -0.25) is 9.59 Å². The van der Waals surface area contributed by atoms with Crippen LogP contribution in [0.5, 0.6) is 0 Å². The van der Waals surface area contributed by atoms with Gasteiger partial charge in [0.2, 0.25) is 5.91 Å². The molecule has 2 unspecified atom stereocenters. The van der Waals surface area contributed by atoms with Crippen molar-refractivity contribution in [2.75, 3.05) is 0 Å². The highest BCUT2D eigenvalue weighted by atomic mass is 32.1. The predicted octanol–water partition coefficient (Wildman–Crippen LogP) is 5.39. The van der Waals surface area contributed by atoms with Crippen LogP contribution in [0.4, 0.5) is 0 Å². The summed E-state index contributed by atoms with van der Waals surface area (Å²) in [5, 5.41) is 24.4. The Balaban J connectivity index is 1.45. The topological polar surface area (TPSA) is 124 Å². The summed E-state index contributed by atoms with van der Waals surface area (Å²) in [6, 6.07) is 17.8. The quantitative estimate of drug-likeness (QED) is 0.168. The zero-order valence-electron chi connectivity index (χ0n) is 25.7. The maximum Gasteiger partial charge on any atom is 0.262 e. The highest BCUT2D eigenvalue weighted by molar-refractivity contribution is 7.14. The van der Waals surface area contributed by atoms with Gasteiger partial charge in [-0.25, -0.2) is 9.97 Å². The number of thiophene rings is 1. The second-order valence-electron chi connectivity index (χ2n) is 11.8. The van der Waals surface area contributed by atoms with E-state index in [0.717, 1.165) is 33.6 Å². The Morgan fingerprint density at radius 1 is 0.864 bits per heavy atom. The fraction of sp³-hybridized carbons (Fsp3) is 0.314. The summed E-state index contributed by atoms with van der Waals surface area (Å²) in [6.07, 6.45) is 7.04. The van der Waals surface area contributed by atoms with E-state index in [0.29, 0.717) is 10.7 Å². The van der Waals surface area contributed by atoms with Crippen LogP contribution in [0.15, 0.2) is 73.1 Å². The molecule has 2 aromatic carbocycles. The normalized spacial score (nSPS) is 13.2. The molecular weight excluding hydrogens is 572 g/mol. The molecular formula is C35H40N4O4S. The van der Waals surface area contributed by atoms with Crippen molar-refractivity contribution in [3.63, 3.8) is 0 Å². The highest BCUT2D eigenvalue weighted by Gasteiger charge is 2.26. The van der Waals surface area contributed by atoms with Crippen LogP contribution in [-0.2, 0) is 23.1 Å². The maximum atomic E-state index is 13.1. The SMILES string of the molecule is CCc1ccc(C=Cc2cnc(-c3ccc(CC(NC(=O)c4ccc(C(C)(C)C)s4)C(=O)NC(C)C(O)O)cc3)nc2)cc1. The van der Waals surface area contributed by atoms with Crippen LogP contribution in [0.1, 0.15) is 71.4 Å². The minimum Gasteiger partial charge on any atom is -0.366 e. The number of aliphatic hydroxyl groups excluding tert-OH is 1. The van der Waals surface area contributed by atoms with Crippen molar-refractivity contribution in [3.05, 3.63) is 105 Å². The first-order chi connectivity index (χ1) is 20.9. The van der Waals surface area contributed by atoms with E-state index in [2.05, 4.69) is 72.6 Å². The van der Waals surface area contributed by atoms with Crippen molar-refractivity contribution in [2.45, 2.75) is 71.2 Å². The third kappa shape index (κ3) is 8.92. The summed E-state index contributed by atoms with van der Waals surface area (Å²) >= 11 is 1.39. The van der Waals surface area contributed by atoms with Gasteiger partial charge < -0.3 is 20.8 Å². The van der Waals surface area contributed by atoms with Crippen LogP contribution in [0, 0.1) is 0 Å². The lowest BCUT2D eigenvalue weighted by molar-refractivity contribution is -0.128. The van der Waals surface area contributed by atoms with Gasteiger partial charge in [-0.1, -0.05) is 88.4 Å². The largest absolute Gasteiger partial charge is 0.366 e. The van der Waals surface area contributed by atoms with E-state index in [-0.39, 0.29) is 17.7 Å². The molecule has 9 heteroatoms. The number of rotatable bonds is 11. The summed E-state index contributed by atoms with van der Waals surface area (Å²) in [7, 11) is 0. The third-order valence-electron chi connectivity index (χ3n) is 7.19. The van der Waals surface area contributed by atoms with E-state index in [9.17, 15) is 19.8 Å². The van der Waals surface area contributed by atoms with E-state index < -0.39 is 24.3 Å². The predicted molar refractivity (Wildman–Crippen MR) is 176 cm³/mol. The molecule has 2 heterocycles. The van der Waals surface area contributed by atoms with Crippen molar-refractivity contribution in [2.24, 2.45) is 0 Å². The van der Waals surface area contributed by atoms with Crippen LogP contribution < -0.4 is 10.6 Å². The van der Waals surface area contributed by atoms with Crippen LogP contribution in [0.25, 0.3) is 23.5 Å². The molecule has 0 aliphatic heterocycles. The zero-order valence-corrected chi connectivity index (χ0v) is 26.6. The van der Waals surface area contributed by atoms with Crippen LogP contribution >= 0.6 is 11.3 Å². The molecule has 2 aromatic heterocycles. The highest BCUT2D eigenvalue weighted by Crippen LogP contribution is 2.29. The second-order valence-corrected chi connectivity index (χ2v) is 12.9. The Bertz CT molecular complexity index is 1570. The Morgan fingerprint density at radius 3 is 2.05 bits per heavy atom. The molecule has 0 saturated heterocycles. The smallest absolute Gasteiger partial charge is 0.262 e. The first-order valence-electron chi connectivity index (χ1n) is 14.7. The molecule has 230 valence electrons. The fourth-order valence-electron chi connectivity index (χ4n) is 4.36. The molecule has 4 N–H and O–H groups in total. The number of aliphatic hydroxyl groups is 2. The number of hydrogen-bond donors (Lipinski definition) is 4. The summed E-state index contributed by atoms with van der Waals surface area (Å²) in [6.45, 7) is 9.84. The third-order valence-corrected chi connectivity index (χ3v) is 8.70. The average Bonchev–Trinajstić information content (AvgIpc) is 3.52. The molecule has 2 atom stereocenters. The minimum atomic E-state index is -1.73. The zero-order chi connectivity index (χ0) is 31.9. The van der Waals surface area contributed by atoms with Gasteiger partial charge in [0.1, 0.15) is 6.04 Å². The lowest BCUT2D eigenvalue weighted by atomic mass is 9.95. The van der Waals surface area contributed by atoms with E-state index in [1.807, 2.05) is 42.5 Å². The number of hydrogen-bond acceptors (Lipinski definition) is 7. The molecule has 0 fully saturated rings. The Morgan fingerprint density at radius 2 is 1.48 bits per heavy atom. The molecule has 4 aromatic rings. The Labute approximate surface area is 262 Å². The second kappa shape index (κ2) is 14.5. The van der Waals surface area contributed by atoms with Gasteiger partial charge in [-0.05, 0) is 47.6 Å². The molecule has 8 nitrogen and oxygen atoms in total. The molecule has 44 heavy (non-hydrogen) atoms. The number of aromatic nitrogens is 2. The number of carbonyl (C=O) groups is 2. The molecule has 0 bridgehead atoms. The first-order valence-corrected chi connectivity index (χ1v) is 15.5. The number of benzene rings is 2. The molecule has 0 aliphatic carbocycles. The van der Waals surface area contributed by atoms with Crippen molar-refractivity contribution >= 4 is 35.3 Å². The van der Waals surface area contributed by atoms with E-state index in [1.54, 1.807) is 18.5 Å². The molecule has 2 amide bonds. The monoisotopic (exact) mass is 612 g/mol. The number of amides is 2. The van der Waals surface area contributed by atoms with Gasteiger partial charge in [0.15, 0.2) is 12.1 Å². The first kappa shape index (κ1) is 32.7. The van der Waals surface area contributed by atoms with Crippen molar-refractivity contribution in [1.82, 2.24) is 20.6 Å². The van der Waals surface area contributed by atoms with Crippen LogP contribution in [-0.4, -0.2) is 50.4 Å². The summed E-state index contributed by atoms with van der Waals surface area (Å²) in [5.74, 6) is -0.300. The minimum absolute atomic E-state index is 0.101. The van der Waals surface area contributed by atoms with E-state index in [4.69, 9.17) is 0 Å². The van der Waals surface area contributed by atoms with Crippen molar-refractivity contribution in [1.29, 1.82) is 0 Å². The Kier molecular flexibility index (Phi) is 10.8. The van der Waals surface area contributed by atoms with Crippen molar-refractivity contribution in [3.8, 4) is 11.4 Å². The van der Waals surface area contributed by atoms with Crippen LogP contribution in [0.3, 0.4) is 0 Å². The lowest BCUT2D eigenvalue weighted by Gasteiger charge is -2.22. The number of nitrogens with one attached hydrogen (secondary N) is 2. The van der Waals surface area contributed by atoms with Crippen molar-refractivity contribution < 1.29 is 19.8 Å². The Hall–Kier alpha value is -4.18. The molecule has 0 radical (unpaired) electrons. The molecule has 0 saturated carbocycles. The summed E-state index contributed by atoms with van der Waals surface area (Å²) < 4.78 is 0. The number of carbonyl (C=O) groups excluding carboxylic acids is 2. The van der Waals surface area contributed by atoms with Gasteiger partial charge in [-0.15, -0.1) is 11.3 Å². The fourth-order valence-corrected chi connectivity index (χ4v) is 5.32. The average molecular weight is 613 g/mol. The molecule has 0 aliphatic rings. The van der Waals surface area contributed by atoms with Gasteiger partial charge in [0.25, 0.3) is 5.91 Å². The molecule has 0 spiro atoms. The summed E-state index contributed by atoms with van der Waals surface area (Å²) in [5.41, 5.74) is 4.81. The van der Waals surface area contributed by atoms with Gasteiger partial charge in [0.05, 0.1) is 10.9 Å².